The molecule has 1 atom stereocenters. The van der Waals surface area contributed by atoms with E-state index in [1.54, 1.807) is 0 Å². The summed E-state index contributed by atoms with van der Waals surface area (Å²) in [6.45, 7) is -5.70. The predicted molar refractivity (Wildman–Crippen MR) is 75.1 cm³/mol. The maximum Gasteiger partial charge on any atom is 0.180 e. The highest BCUT2D eigenvalue weighted by Gasteiger charge is 2.21. The molecule has 0 aliphatic heterocycles. The molecule has 16 heavy (non-hydrogen) atoms. The van der Waals surface area contributed by atoms with Gasteiger partial charge in [-0.3, -0.25) is 0 Å². The Kier molecular flexibility index (Phi) is 3.39. The van der Waals surface area contributed by atoms with E-state index in [1.807, 2.05) is 0 Å². The summed E-state index contributed by atoms with van der Waals surface area (Å²) >= 11 is 1.33. The van der Waals surface area contributed by atoms with E-state index in [-0.39, 0.29) is 30.9 Å². The molecule has 0 amide bonds. The number of thiazole rings is 1. The molecule has 0 unspecified atom stereocenters. The lowest BCUT2D eigenvalue weighted by atomic mass is 9.98. The van der Waals surface area contributed by atoms with Crippen LogP contribution in [-0.2, 0) is 12.8 Å². The van der Waals surface area contributed by atoms with Crippen LogP contribution in [0.15, 0.2) is 0 Å². The number of nitrogens with zero attached hydrogens (tertiary/aromatic N) is 1. The van der Waals surface area contributed by atoms with E-state index in [2.05, 4.69) is 10.3 Å². The van der Waals surface area contributed by atoms with Crippen LogP contribution in [0.3, 0.4) is 0 Å². The van der Waals surface area contributed by atoms with Gasteiger partial charge in [0.15, 0.2) is 5.13 Å². The number of aryl methyl sites for hydroxylation is 1. The Balaban J connectivity index is 0.00000242. The molecule has 1 heterocycles. The first-order chi connectivity index (χ1) is 9.44. The molecular formula is C10H19Cl2N3S. The molecule has 0 radical (unpaired) electrons. The lowest BCUT2D eigenvalue weighted by Crippen LogP contribution is -2.34. The van der Waals surface area contributed by atoms with Crippen molar-refractivity contribution in [1.82, 2.24) is 10.3 Å². The number of nitrogens with one attached hydrogen (secondary N) is 1. The Morgan fingerprint density at radius 2 is 2.50 bits per heavy atom. The molecule has 0 saturated carbocycles. The van der Waals surface area contributed by atoms with Crippen LogP contribution in [0.1, 0.15) is 39.8 Å². The van der Waals surface area contributed by atoms with Crippen molar-refractivity contribution in [2.45, 2.75) is 38.5 Å². The summed E-state index contributed by atoms with van der Waals surface area (Å²) in [6.07, 6.45) is -1.33. The fourth-order valence-electron chi connectivity index (χ4n) is 1.66. The lowest BCUT2D eigenvalue weighted by Gasteiger charge is -2.21. The molecule has 6 heteroatoms. The van der Waals surface area contributed by atoms with Crippen molar-refractivity contribution in [1.29, 1.82) is 0 Å². The Hall–Kier alpha value is -0.0300. The second-order valence-corrected chi connectivity index (χ2v) is 4.37. The summed E-state index contributed by atoms with van der Waals surface area (Å²) in [5.41, 5.74) is 6.53. The molecule has 1 aliphatic carbocycles. The van der Waals surface area contributed by atoms with E-state index in [9.17, 15) is 0 Å². The van der Waals surface area contributed by atoms with Gasteiger partial charge in [-0.05, 0) is 32.1 Å². The topological polar surface area (TPSA) is 50.9 Å². The van der Waals surface area contributed by atoms with Crippen LogP contribution in [0, 0.1) is 0 Å². The molecule has 2 rings (SSSR count). The van der Waals surface area contributed by atoms with Gasteiger partial charge in [-0.2, -0.15) is 0 Å². The number of halogens is 2. The number of hydrogen-bond acceptors (Lipinski definition) is 4. The van der Waals surface area contributed by atoms with Gasteiger partial charge in [-0.1, -0.05) is 6.85 Å². The van der Waals surface area contributed by atoms with Crippen LogP contribution in [0.4, 0.5) is 5.13 Å². The van der Waals surface area contributed by atoms with Crippen molar-refractivity contribution in [2.24, 2.45) is 0 Å². The third-order valence-electron chi connectivity index (χ3n) is 2.29. The van der Waals surface area contributed by atoms with Crippen molar-refractivity contribution in [3.63, 3.8) is 0 Å². The third-order valence-corrected chi connectivity index (χ3v) is 3.24. The standard InChI is InChI=1S/C10H17N3S.2ClH/c1-2-5-12-7-3-4-8-9(6-7)14-10(11)13-8;;/h7,12H,2-6H2,1H3,(H2,11,13);2*1H/t7-;;/m0../s1/i1D3,2D2,5D2;;. The largest absolute Gasteiger partial charge is 0.375 e. The Morgan fingerprint density at radius 3 is 3.25 bits per heavy atom. The van der Waals surface area contributed by atoms with Crippen LogP contribution in [0.2, 0.25) is 0 Å². The monoisotopic (exact) mass is 290 g/mol. The maximum absolute atomic E-state index is 7.79. The van der Waals surface area contributed by atoms with Gasteiger partial charge in [0.25, 0.3) is 0 Å². The van der Waals surface area contributed by atoms with E-state index >= 15 is 0 Å². The molecule has 3 N–H and O–H groups in total. The molecule has 1 aromatic heterocycles. The lowest BCUT2D eigenvalue weighted by molar-refractivity contribution is 0.460. The summed E-state index contributed by atoms with van der Waals surface area (Å²) in [7, 11) is 0. The second-order valence-electron chi connectivity index (χ2n) is 3.26. The highest BCUT2D eigenvalue weighted by molar-refractivity contribution is 7.15. The Morgan fingerprint density at radius 1 is 1.69 bits per heavy atom. The first-order valence-corrected chi connectivity index (χ1v) is 5.27. The van der Waals surface area contributed by atoms with Crippen LogP contribution in [0.5, 0.6) is 0 Å². The number of nitrogens with two attached hydrogens (primary N) is 1. The van der Waals surface area contributed by atoms with E-state index in [1.165, 1.54) is 11.3 Å². The van der Waals surface area contributed by atoms with Crippen molar-refractivity contribution >= 4 is 41.3 Å². The summed E-state index contributed by atoms with van der Waals surface area (Å²) in [5.74, 6) is 0. The smallest absolute Gasteiger partial charge is 0.180 e. The predicted octanol–water partition coefficient (Wildman–Crippen LogP) is 2.43. The summed E-state index contributed by atoms with van der Waals surface area (Å²) in [5, 5.41) is 2.99. The zero-order chi connectivity index (χ0) is 16.1. The van der Waals surface area contributed by atoms with Gasteiger partial charge < -0.3 is 11.1 Å². The molecule has 0 aromatic carbocycles. The number of nitrogen functional groups attached to an aromatic ring is 1. The van der Waals surface area contributed by atoms with Gasteiger partial charge in [0.1, 0.15) is 0 Å². The van der Waals surface area contributed by atoms with Crippen molar-refractivity contribution in [2.75, 3.05) is 12.2 Å². The highest BCUT2D eigenvalue weighted by Crippen LogP contribution is 2.27. The van der Waals surface area contributed by atoms with E-state index < -0.39 is 19.7 Å². The molecule has 0 fully saturated rings. The minimum atomic E-state index is -3.04. The van der Waals surface area contributed by atoms with Crippen molar-refractivity contribution in [3.05, 3.63) is 10.6 Å². The van der Waals surface area contributed by atoms with Crippen molar-refractivity contribution < 1.29 is 9.60 Å². The van der Waals surface area contributed by atoms with E-state index in [4.69, 9.17) is 15.3 Å². The Labute approximate surface area is 123 Å². The number of aromatic nitrogens is 1. The SMILES string of the molecule is Cl.Cl.[2H]C([2H])([2H])C([2H])([2H])C([2H])([2H])N[C@H]1CCc2nc(N)sc2C1. The molecule has 3 nitrogen and oxygen atoms in total. The fraction of sp³-hybridized carbons (Fsp3) is 0.700. The summed E-state index contributed by atoms with van der Waals surface area (Å²) in [6, 6.07) is -0.343. The zero-order valence-electron chi connectivity index (χ0n) is 15.4. The first-order valence-electron chi connectivity index (χ1n) is 7.96. The minimum absolute atomic E-state index is 0. The van der Waals surface area contributed by atoms with E-state index in [0.29, 0.717) is 24.4 Å². The summed E-state index contributed by atoms with van der Waals surface area (Å²) < 4.78 is 52.3. The second kappa shape index (κ2) is 7.33. The van der Waals surface area contributed by atoms with Gasteiger partial charge >= 0.3 is 0 Å². The summed E-state index contributed by atoms with van der Waals surface area (Å²) in [4.78, 5) is 5.13. The van der Waals surface area contributed by atoms with Gasteiger partial charge in [0, 0.05) is 20.5 Å². The molecule has 0 saturated heterocycles. The van der Waals surface area contributed by atoms with Crippen LogP contribution in [-0.4, -0.2) is 17.5 Å². The van der Waals surface area contributed by atoms with Gasteiger partial charge in [0.05, 0.1) is 5.69 Å². The first kappa shape index (κ1) is 7.41. The average Bonchev–Trinajstić information content (AvgIpc) is 2.66. The minimum Gasteiger partial charge on any atom is -0.375 e. The number of fused-ring (bicyclic) bond motifs is 1. The quantitative estimate of drug-likeness (QED) is 0.899. The molecule has 1 aliphatic rings. The fourth-order valence-corrected chi connectivity index (χ4v) is 2.61. The van der Waals surface area contributed by atoms with Crippen LogP contribution in [0.25, 0.3) is 0 Å². The maximum atomic E-state index is 7.79. The van der Waals surface area contributed by atoms with Crippen LogP contribution >= 0.6 is 36.2 Å². The third kappa shape index (κ3) is 3.77. The number of hydrogen-bond donors (Lipinski definition) is 2. The number of anilines is 1. The molecule has 94 valence electrons. The Bertz CT molecular complexity index is 535. The zero-order valence-corrected chi connectivity index (χ0v) is 10.9. The average molecular weight is 291 g/mol. The molecule has 0 spiro atoms. The molecule has 0 bridgehead atoms. The van der Waals surface area contributed by atoms with Crippen molar-refractivity contribution in [3.8, 4) is 0 Å². The van der Waals surface area contributed by atoms with Gasteiger partial charge in [0.2, 0.25) is 0 Å². The van der Waals surface area contributed by atoms with Crippen LogP contribution < -0.4 is 11.1 Å². The van der Waals surface area contributed by atoms with Gasteiger partial charge in [-0.15, -0.1) is 36.2 Å². The number of rotatable bonds is 3. The van der Waals surface area contributed by atoms with Gasteiger partial charge in [-0.25, -0.2) is 4.98 Å². The normalized spacial score (nSPS) is 27.2. The molecule has 1 aromatic rings. The highest BCUT2D eigenvalue weighted by atomic mass is 35.5. The van der Waals surface area contributed by atoms with E-state index in [0.717, 1.165) is 10.6 Å². The molecular weight excluding hydrogens is 265 g/mol.